The highest BCUT2D eigenvalue weighted by molar-refractivity contribution is 5.94. The van der Waals surface area contributed by atoms with Crippen LogP contribution in [0.25, 0.3) is 0 Å². The number of hydrogen-bond acceptors (Lipinski definition) is 3. The Morgan fingerprint density at radius 1 is 1.67 bits per heavy atom. The Labute approximate surface area is 71.1 Å². The van der Waals surface area contributed by atoms with Crippen LogP contribution in [-0.4, -0.2) is 18.4 Å². The van der Waals surface area contributed by atoms with Crippen LogP contribution < -0.4 is 0 Å². The maximum atomic E-state index is 11.2. The van der Waals surface area contributed by atoms with Crippen LogP contribution in [-0.2, 0) is 14.3 Å². The van der Waals surface area contributed by atoms with Gasteiger partial charge in [0.25, 0.3) is 0 Å². The van der Waals surface area contributed by atoms with E-state index >= 15 is 0 Å². The Bertz CT molecular complexity index is 234. The number of ketones is 1. The lowest BCUT2D eigenvalue weighted by Crippen LogP contribution is -2.12. The first-order valence-corrected chi connectivity index (χ1v) is 4.45. The number of carbonyl (C=O) groups excluding carboxylic acids is 2. The Hall–Kier alpha value is -0.860. The summed E-state index contributed by atoms with van der Waals surface area (Å²) < 4.78 is 4.86. The summed E-state index contributed by atoms with van der Waals surface area (Å²) in [7, 11) is 0. The van der Waals surface area contributed by atoms with Gasteiger partial charge in [-0.15, -0.1) is 0 Å². The maximum Gasteiger partial charge on any atom is 0.309 e. The van der Waals surface area contributed by atoms with Gasteiger partial charge in [0.05, 0.1) is 12.5 Å². The Balaban J connectivity index is 1.94. The molecule has 0 aromatic carbocycles. The van der Waals surface area contributed by atoms with E-state index in [9.17, 15) is 9.59 Å². The predicted molar refractivity (Wildman–Crippen MR) is 41.3 cm³/mol. The SMILES string of the molecule is CCOC(=O)[C@@H]1[C@@H]2CCC(=O)[C@@H]21. The fourth-order valence-corrected chi connectivity index (χ4v) is 2.21. The third-order valence-corrected chi connectivity index (χ3v) is 2.82. The van der Waals surface area contributed by atoms with E-state index < -0.39 is 0 Å². The second-order valence-corrected chi connectivity index (χ2v) is 3.47. The third-order valence-electron chi connectivity index (χ3n) is 2.82. The molecule has 0 N–H and O–H groups in total. The molecule has 3 atom stereocenters. The molecule has 0 amide bonds. The van der Waals surface area contributed by atoms with Gasteiger partial charge in [0.2, 0.25) is 0 Å². The van der Waals surface area contributed by atoms with E-state index in [1.54, 1.807) is 6.92 Å². The van der Waals surface area contributed by atoms with Crippen molar-refractivity contribution >= 4 is 11.8 Å². The summed E-state index contributed by atoms with van der Waals surface area (Å²) in [6.45, 7) is 2.21. The fourth-order valence-electron chi connectivity index (χ4n) is 2.21. The lowest BCUT2D eigenvalue weighted by Gasteiger charge is -2.01. The normalized spacial score (nSPS) is 37.8. The molecule has 2 saturated carbocycles. The van der Waals surface area contributed by atoms with Crippen molar-refractivity contribution in [3.05, 3.63) is 0 Å². The monoisotopic (exact) mass is 168 g/mol. The number of ether oxygens (including phenoxy) is 1. The molecule has 2 fully saturated rings. The van der Waals surface area contributed by atoms with Crippen molar-refractivity contribution in [2.45, 2.75) is 19.8 Å². The molecule has 0 bridgehead atoms. The van der Waals surface area contributed by atoms with Gasteiger partial charge in [0.15, 0.2) is 0 Å². The van der Waals surface area contributed by atoms with Gasteiger partial charge in [-0.2, -0.15) is 0 Å². The molecule has 3 heteroatoms. The van der Waals surface area contributed by atoms with Crippen molar-refractivity contribution in [3.63, 3.8) is 0 Å². The lowest BCUT2D eigenvalue weighted by molar-refractivity contribution is -0.146. The van der Waals surface area contributed by atoms with Gasteiger partial charge in [-0.1, -0.05) is 0 Å². The van der Waals surface area contributed by atoms with E-state index in [0.717, 1.165) is 6.42 Å². The van der Waals surface area contributed by atoms with Gasteiger partial charge >= 0.3 is 5.97 Å². The molecule has 0 saturated heterocycles. The van der Waals surface area contributed by atoms with Gasteiger partial charge in [0, 0.05) is 12.3 Å². The summed E-state index contributed by atoms with van der Waals surface area (Å²) in [4.78, 5) is 22.3. The number of carbonyl (C=O) groups is 2. The first-order chi connectivity index (χ1) is 5.75. The van der Waals surface area contributed by atoms with E-state index in [-0.39, 0.29) is 23.6 Å². The van der Waals surface area contributed by atoms with E-state index in [1.165, 1.54) is 0 Å². The molecule has 0 aliphatic heterocycles. The van der Waals surface area contributed by atoms with Crippen molar-refractivity contribution in [1.82, 2.24) is 0 Å². The van der Waals surface area contributed by atoms with Crippen LogP contribution in [0.15, 0.2) is 0 Å². The van der Waals surface area contributed by atoms with E-state index in [1.807, 2.05) is 0 Å². The minimum absolute atomic E-state index is 0.0315. The first kappa shape index (κ1) is 7.77. The summed E-state index contributed by atoms with van der Waals surface area (Å²) in [5.74, 6) is 0.380. The standard InChI is InChI=1S/C9H12O3/c1-2-12-9(11)8-5-3-4-6(10)7(5)8/h5,7-8H,2-4H2,1H3/t5-,7-,8-/m1/s1. The topological polar surface area (TPSA) is 43.4 Å². The molecule has 0 aromatic rings. The van der Waals surface area contributed by atoms with Gasteiger partial charge in [-0.3, -0.25) is 9.59 Å². The van der Waals surface area contributed by atoms with E-state index in [2.05, 4.69) is 0 Å². The van der Waals surface area contributed by atoms with Crippen molar-refractivity contribution in [1.29, 1.82) is 0 Å². The number of hydrogen-bond donors (Lipinski definition) is 0. The van der Waals surface area contributed by atoms with Crippen molar-refractivity contribution < 1.29 is 14.3 Å². The molecule has 0 heterocycles. The highest BCUT2D eigenvalue weighted by atomic mass is 16.5. The molecular weight excluding hydrogens is 156 g/mol. The fraction of sp³-hybridized carbons (Fsp3) is 0.778. The van der Waals surface area contributed by atoms with Crippen LogP contribution in [0.1, 0.15) is 19.8 Å². The number of esters is 1. The zero-order valence-corrected chi connectivity index (χ0v) is 7.08. The molecule has 0 radical (unpaired) electrons. The van der Waals surface area contributed by atoms with Crippen LogP contribution in [0.5, 0.6) is 0 Å². The number of fused-ring (bicyclic) bond motifs is 1. The zero-order valence-electron chi connectivity index (χ0n) is 7.08. The van der Waals surface area contributed by atoms with E-state index in [0.29, 0.717) is 18.9 Å². The first-order valence-electron chi connectivity index (χ1n) is 4.45. The minimum Gasteiger partial charge on any atom is -0.466 e. The van der Waals surface area contributed by atoms with Crippen LogP contribution in [0, 0.1) is 17.8 Å². The molecule has 0 spiro atoms. The average molecular weight is 168 g/mol. The van der Waals surface area contributed by atoms with Gasteiger partial charge in [-0.25, -0.2) is 0 Å². The zero-order chi connectivity index (χ0) is 8.72. The van der Waals surface area contributed by atoms with Gasteiger partial charge < -0.3 is 4.74 Å². The lowest BCUT2D eigenvalue weighted by atomic mass is 10.1. The molecular formula is C9H12O3. The van der Waals surface area contributed by atoms with Crippen molar-refractivity contribution in [2.75, 3.05) is 6.61 Å². The summed E-state index contributed by atoms with van der Waals surface area (Å²) in [6.07, 6.45) is 1.57. The van der Waals surface area contributed by atoms with Crippen molar-refractivity contribution in [3.8, 4) is 0 Å². The third kappa shape index (κ3) is 0.958. The molecule has 2 rings (SSSR count). The van der Waals surface area contributed by atoms with E-state index in [4.69, 9.17) is 4.74 Å². The average Bonchev–Trinajstić information content (AvgIpc) is 2.65. The number of Topliss-reactive ketones (excluding diaryl/α,β-unsaturated/α-hetero) is 1. The second-order valence-electron chi connectivity index (χ2n) is 3.47. The largest absolute Gasteiger partial charge is 0.466 e. The maximum absolute atomic E-state index is 11.2. The Morgan fingerprint density at radius 3 is 2.92 bits per heavy atom. The molecule has 12 heavy (non-hydrogen) atoms. The second kappa shape index (κ2) is 2.57. The number of rotatable bonds is 2. The molecule has 0 aromatic heterocycles. The Morgan fingerprint density at radius 2 is 2.42 bits per heavy atom. The summed E-state index contributed by atoms with van der Waals surface area (Å²) in [5.41, 5.74) is 0. The van der Waals surface area contributed by atoms with Crippen LogP contribution in [0.3, 0.4) is 0 Å². The van der Waals surface area contributed by atoms with Crippen LogP contribution >= 0.6 is 0 Å². The highest BCUT2D eigenvalue weighted by Gasteiger charge is 2.62. The predicted octanol–water partition coefficient (Wildman–Crippen LogP) is 0.775. The smallest absolute Gasteiger partial charge is 0.309 e. The quantitative estimate of drug-likeness (QED) is 0.572. The summed E-state index contributed by atoms with van der Waals surface area (Å²) >= 11 is 0. The summed E-state index contributed by atoms with van der Waals surface area (Å²) in [6, 6.07) is 0. The molecule has 2 aliphatic rings. The molecule has 2 aliphatic carbocycles. The van der Waals surface area contributed by atoms with Gasteiger partial charge in [0.1, 0.15) is 5.78 Å². The molecule has 3 nitrogen and oxygen atoms in total. The van der Waals surface area contributed by atoms with Crippen LogP contribution in [0.2, 0.25) is 0 Å². The molecule has 66 valence electrons. The molecule has 0 unspecified atom stereocenters. The highest BCUT2D eigenvalue weighted by Crippen LogP contribution is 2.55. The van der Waals surface area contributed by atoms with Gasteiger partial charge in [-0.05, 0) is 19.3 Å². The minimum atomic E-state index is -0.166. The van der Waals surface area contributed by atoms with Crippen LogP contribution in [0.4, 0.5) is 0 Å². The van der Waals surface area contributed by atoms with Crippen molar-refractivity contribution in [2.24, 2.45) is 17.8 Å². The summed E-state index contributed by atoms with van der Waals surface area (Å²) in [5, 5.41) is 0. The Kier molecular flexibility index (Phi) is 1.67.